The van der Waals surface area contributed by atoms with E-state index in [4.69, 9.17) is 5.73 Å². The molecular weight excluding hydrogens is 376 g/mol. The molecular formula is C21H29ClN4O2. The second kappa shape index (κ2) is 12.1. The lowest BCUT2D eigenvalue weighted by atomic mass is 10.1. The molecule has 7 heteroatoms. The van der Waals surface area contributed by atoms with Crippen LogP contribution in [0.5, 0.6) is 0 Å². The van der Waals surface area contributed by atoms with Gasteiger partial charge in [-0.25, -0.2) is 0 Å². The maximum atomic E-state index is 12.4. The third-order valence-electron chi connectivity index (χ3n) is 4.19. The highest BCUT2D eigenvalue weighted by Crippen LogP contribution is 2.11. The Morgan fingerprint density at radius 3 is 2.18 bits per heavy atom. The summed E-state index contributed by atoms with van der Waals surface area (Å²) < 4.78 is 0. The predicted octanol–water partition coefficient (Wildman–Crippen LogP) is 2.25. The maximum absolute atomic E-state index is 12.4. The van der Waals surface area contributed by atoms with Crippen molar-refractivity contribution in [3.63, 3.8) is 0 Å². The Hall–Kier alpha value is -2.41. The summed E-state index contributed by atoms with van der Waals surface area (Å²) in [6, 6.07) is 17.1. The van der Waals surface area contributed by atoms with Crippen LogP contribution in [0, 0.1) is 0 Å². The number of carbonyl (C=O) groups is 2. The molecule has 0 bridgehead atoms. The summed E-state index contributed by atoms with van der Waals surface area (Å²) >= 11 is 0. The number of nitrogens with one attached hydrogen (secondary N) is 1. The highest BCUT2D eigenvalue weighted by Gasteiger charge is 2.12. The molecule has 0 heterocycles. The number of halogens is 1. The first-order valence-corrected chi connectivity index (χ1v) is 9.07. The summed E-state index contributed by atoms with van der Waals surface area (Å²) in [4.78, 5) is 27.8. The van der Waals surface area contributed by atoms with Gasteiger partial charge in [0.25, 0.3) is 5.91 Å². The molecule has 0 aliphatic heterocycles. The number of anilines is 1. The van der Waals surface area contributed by atoms with Crippen LogP contribution in [-0.4, -0.2) is 61.9 Å². The third-order valence-corrected chi connectivity index (χ3v) is 4.19. The van der Waals surface area contributed by atoms with Gasteiger partial charge in [-0.1, -0.05) is 30.3 Å². The summed E-state index contributed by atoms with van der Waals surface area (Å²) in [6.07, 6.45) is 0.871. The molecule has 0 aliphatic rings. The summed E-state index contributed by atoms with van der Waals surface area (Å²) in [5, 5.41) is 2.88. The zero-order valence-electron chi connectivity index (χ0n) is 16.4. The van der Waals surface area contributed by atoms with E-state index in [-0.39, 0.29) is 30.8 Å². The summed E-state index contributed by atoms with van der Waals surface area (Å²) in [5.74, 6) is -0.161. The van der Waals surface area contributed by atoms with E-state index in [9.17, 15) is 9.59 Å². The highest BCUT2D eigenvalue weighted by molar-refractivity contribution is 5.96. The Kier molecular flexibility index (Phi) is 10.2. The largest absolute Gasteiger partial charge is 0.345 e. The fourth-order valence-corrected chi connectivity index (χ4v) is 2.74. The van der Waals surface area contributed by atoms with Crippen LogP contribution in [-0.2, 0) is 11.2 Å². The molecule has 2 aromatic carbocycles. The van der Waals surface area contributed by atoms with Gasteiger partial charge in [0, 0.05) is 45.0 Å². The monoisotopic (exact) mass is 404 g/mol. The van der Waals surface area contributed by atoms with Crippen LogP contribution < -0.4 is 11.1 Å². The number of hydrogen-bond acceptors (Lipinski definition) is 4. The van der Waals surface area contributed by atoms with Gasteiger partial charge >= 0.3 is 0 Å². The van der Waals surface area contributed by atoms with Crippen molar-refractivity contribution < 1.29 is 9.59 Å². The van der Waals surface area contributed by atoms with Gasteiger partial charge in [0.2, 0.25) is 5.91 Å². The first-order valence-electron chi connectivity index (χ1n) is 9.07. The lowest BCUT2D eigenvalue weighted by Gasteiger charge is -2.21. The fraction of sp³-hybridized carbons (Fsp3) is 0.333. The first kappa shape index (κ1) is 23.6. The standard InChI is InChI=1S/C21H28N4O2.ClH/c1-24(2)21(27)18-8-10-19(11-9-18)23-20(26)16-25(15-13-22)14-12-17-6-4-3-5-7-17;/h3-11H,12-16,22H2,1-2H3,(H,23,26);1H. The number of nitrogens with zero attached hydrogens (tertiary/aromatic N) is 2. The van der Waals surface area contributed by atoms with Crippen molar-refractivity contribution in [3.8, 4) is 0 Å². The van der Waals surface area contributed by atoms with Crippen molar-refractivity contribution in [3.05, 3.63) is 65.7 Å². The van der Waals surface area contributed by atoms with Gasteiger partial charge in [-0.3, -0.25) is 14.5 Å². The number of rotatable bonds is 9. The number of nitrogens with two attached hydrogens (primary N) is 1. The van der Waals surface area contributed by atoms with Gasteiger partial charge < -0.3 is 16.0 Å². The Bertz CT molecular complexity index is 736. The maximum Gasteiger partial charge on any atom is 0.253 e. The molecule has 0 aromatic heterocycles. The molecule has 0 atom stereocenters. The van der Waals surface area contributed by atoms with Gasteiger partial charge in [-0.15, -0.1) is 12.4 Å². The topological polar surface area (TPSA) is 78.7 Å². The Labute approximate surface area is 173 Å². The molecule has 0 saturated heterocycles. The molecule has 0 radical (unpaired) electrons. The molecule has 0 fully saturated rings. The van der Waals surface area contributed by atoms with E-state index in [1.807, 2.05) is 23.1 Å². The second-order valence-corrected chi connectivity index (χ2v) is 6.63. The van der Waals surface area contributed by atoms with Gasteiger partial charge in [0.1, 0.15) is 0 Å². The van der Waals surface area contributed by atoms with Crippen LogP contribution in [0.2, 0.25) is 0 Å². The van der Waals surface area contributed by atoms with Crippen molar-refractivity contribution >= 4 is 29.9 Å². The second-order valence-electron chi connectivity index (χ2n) is 6.63. The quantitative estimate of drug-likeness (QED) is 0.671. The normalized spacial score (nSPS) is 10.3. The van der Waals surface area contributed by atoms with Crippen LogP contribution in [0.1, 0.15) is 15.9 Å². The molecule has 3 N–H and O–H groups in total. The van der Waals surface area contributed by atoms with Crippen LogP contribution in [0.25, 0.3) is 0 Å². The third kappa shape index (κ3) is 7.68. The number of carbonyl (C=O) groups excluding carboxylic acids is 2. The average Bonchev–Trinajstić information content (AvgIpc) is 2.67. The molecule has 0 spiro atoms. The van der Waals surface area contributed by atoms with Gasteiger partial charge in [0.05, 0.1) is 6.54 Å². The van der Waals surface area contributed by atoms with Crippen molar-refractivity contribution in [1.82, 2.24) is 9.80 Å². The van der Waals surface area contributed by atoms with E-state index in [1.54, 1.807) is 38.4 Å². The lowest BCUT2D eigenvalue weighted by molar-refractivity contribution is -0.117. The molecule has 2 amide bonds. The Morgan fingerprint density at radius 1 is 0.964 bits per heavy atom. The average molecular weight is 405 g/mol. The van der Waals surface area contributed by atoms with Crippen molar-refractivity contribution in [2.75, 3.05) is 45.6 Å². The van der Waals surface area contributed by atoms with Crippen LogP contribution >= 0.6 is 12.4 Å². The van der Waals surface area contributed by atoms with Crippen LogP contribution in [0.15, 0.2) is 54.6 Å². The number of benzene rings is 2. The fourth-order valence-electron chi connectivity index (χ4n) is 2.74. The van der Waals surface area contributed by atoms with E-state index < -0.39 is 0 Å². The lowest BCUT2D eigenvalue weighted by Crippen LogP contribution is -2.38. The van der Waals surface area contributed by atoms with Crippen LogP contribution in [0.4, 0.5) is 5.69 Å². The SMILES string of the molecule is CN(C)C(=O)c1ccc(NC(=O)CN(CCN)CCc2ccccc2)cc1.Cl. The van der Waals surface area contributed by atoms with E-state index in [0.29, 0.717) is 24.3 Å². The summed E-state index contributed by atoms with van der Waals surface area (Å²) in [5.41, 5.74) is 8.18. The van der Waals surface area contributed by atoms with Gasteiger partial charge in [-0.2, -0.15) is 0 Å². The number of amides is 2. The molecule has 28 heavy (non-hydrogen) atoms. The molecule has 0 unspecified atom stereocenters. The molecule has 0 saturated carbocycles. The summed E-state index contributed by atoms with van der Waals surface area (Å²) in [6.45, 7) is 2.22. The minimum Gasteiger partial charge on any atom is -0.345 e. The minimum atomic E-state index is -0.0943. The van der Waals surface area contributed by atoms with Crippen LogP contribution in [0.3, 0.4) is 0 Å². The van der Waals surface area contributed by atoms with Crippen molar-refractivity contribution in [1.29, 1.82) is 0 Å². The van der Waals surface area contributed by atoms with Crippen molar-refractivity contribution in [2.24, 2.45) is 5.73 Å². The van der Waals surface area contributed by atoms with E-state index in [1.165, 1.54) is 10.5 Å². The number of hydrogen-bond donors (Lipinski definition) is 2. The van der Waals surface area contributed by atoms with E-state index >= 15 is 0 Å². The van der Waals surface area contributed by atoms with Gasteiger partial charge in [0.15, 0.2) is 0 Å². The summed E-state index contributed by atoms with van der Waals surface area (Å²) in [7, 11) is 3.42. The molecule has 6 nitrogen and oxygen atoms in total. The first-order chi connectivity index (χ1) is 13.0. The van der Waals surface area contributed by atoms with Gasteiger partial charge in [-0.05, 0) is 36.2 Å². The van der Waals surface area contributed by atoms with E-state index in [0.717, 1.165) is 13.0 Å². The smallest absolute Gasteiger partial charge is 0.253 e. The Balaban J connectivity index is 0.00000392. The zero-order valence-corrected chi connectivity index (χ0v) is 17.2. The Morgan fingerprint density at radius 2 is 1.61 bits per heavy atom. The van der Waals surface area contributed by atoms with E-state index in [2.05, 4.69) is 17.4 Å². The minimum absolute atomic E-state index is 0. The molecule has 0 aliphatic carbocycles. The predicted molar refractivity (Wildman–Crippen MR) is 116 cm³/mol. The molecule has 2 rings (SSSR count). The zero-order chi connectivity index (χ0) is 19.6. The van der Waals surface area contributed by atoms with Crippen molar-refractivity contribution in [2.45, 2.75) is 6.42 Å². The molecule has 152 valence electrons. The highest BCUT2D eigenvalue weighted by atomic mass is 35.5. The molecule has 2 aromatic rings.